The summed E-state index contributed by atoms with van der Waals surface area (Å²) in [4.78, 5) is 35.2. The lowest BCUT2D eigenvalue weighted by Gasteiger charge is -2.18. The summed E-state index contributed by atoms with van der Waals surface area (Å²) in [5.41, 5.74) is 3.87. The largest absolute Gasteiger partial charge is 0.466 e. The number of ether oxygens (including phenoxy) is 3. The molecule has 0 amide bonds. The predicted molar refractivity (Wildman–Crippen MR) is 117 cm³/mol. The molecule has 3 aromatic rings. The third-order valence-electron chi connectivity index (χ3n) is 4.59. The van der Waals surface area contributed by atoms with Crippen molar-refractivity contribution in [1.29, 1.82) is 0 Å². The molecule has 0 N–H and O–H groups in total. The van der Waals surface area contributed by atoms with Crippen LogP contribution in [0.15, 0.2) is 60.7 Å². The van der Waals surface area contributed by atoms with Gasteiger partial charge in [0.2, 0.25) is 0 Å². The highest BCUT2D eigenvalue weighted by Crippen LogP contribution is 2.41. The van der Waals surface area contributed by atoms with Crippen LogP contribution in [0, 0.1) is 0 Å². The summed E-state index contributed by atoms with van der Waals surface area (Å²) in [5, 5.41) is 0. The summed E-state index contributed by atoms with van der Waals surface area (Å²) < 4.78 is 16.2. The van der Waals surface area contributed by atoms with Gasteiger partial charge < -0.3 is 14.2 Å². The molecule has 0 saturated heterocycles. The van der Waals surface area contributed by atoms with Gasteiger partial charge in [0.05, 0.1) is 12.2 Å². The average molecular weight is 418 g/mol. The zero-order chi connectivity index (χ0) is 22.2. The van der Waals surface area contributed by atoms with E-state index in [0.717, 1.165) is 12.6 Å². The minimum Gasteiger partial charge on any atom is -0.466 e. The zero-order valence-corrected chi connectivity index (χ0v) is 17.3. The van der Waals surface area contributed by atoms with Crippen LogP contribution in [0.1, 0.15) is 38.0 Å². The molecule has 0 aliphatic carbocycles. The number of methoxy groups -OCH3 is 1. The molecule has 6 heteroatoms. The quantitative estimate of drug-likeness (QED) is 0.282. The van der Waals surface area contributed by atoms with E-state index in [1.165, 1.54) is 7.11 Å². The molecule has 0 unspecified atom stereocenters. The summed E-state index contributed by atoms with van der Waals surface area (Å²) in [6.07, 6.45) is 1.51. The van der Waals surface area contributed by atoms with E-state index in [1.807, 2.05) is 12.1 Å². The second kappa shape index (κ2) is 10.3. The number of rotatable bonds is 9. The molecule has 0 aliphatic rings. The number of aldehydes is 2. The summed E-state index contributed by atoms with van der Waals surface area (Å²) in [5.74, 6) is -0.0256. The molecule has 0 aliphatic heterocycles. The molecule has 0 heterocycles. The van der Waals surface area contributed by atoms with Crippen molar-refractivity contribution >= 4 is 18.5 Å². The molecular formula is C25H22O6. The van der Waals surface area contributed by atoms with E-state index in [0.29, 0.717) is 44.7 Å². The third kappa shape index (κ3) is 5.05. The summed E-state index contributed by atoms with van der Waals surface area (Å²) >= 11 is 0. The fraction of sp³-hybridized carbons (Fsp3) is 0.160. The van der Waals surface area contributed by atoms with Crippen molar-refractivity contribution in [3.05, 3.63) is 77.4 Å². The average Bonchev–Trinajstić information content (AvgIpc) is 2.82. The van der Waals surface area contributed by atoms with Gasteiger partial charge in [-0.15, -0.1) is 0 Å². The molecule has 0 fully saturated rings. The first-order valence-corrected chi connectivity index (χ1v) is 9.69. The van der Waals surface area contributed by atoms with E-state index in [1.54, 1.807) is 55.5 Å². The Balaban J connectivity index is 2.32. The first-order chi connectivity index (χ1) is 15.1. The molecule has 0 spiro atoms. The van der Waals surface area contributed by atoms with Crippen molar-refractivity contribution in [2.24, 2.45) is 0 Å². The van der Waals surface area contributed by atoms with E-state index in [4.69, 9.17) is 14.2 Å². The topological polar surface area (TPSA) is 78.9 Å². The van der Waals surface area contributed by atoms with Crippen LogP contribution < -0.4 is 4.74 Å². The number of hydrogen-bond acceptors (Lipinski definition) is 6. The van der Waals surface area contributed by atoms with E-state index < -0.39 is 5.97 Å². The molecular weight excluding hydrogens is 396 g/mol. The van der Waals surface area contributed by atoms with Crippen LogP contribution in [0.4, 0.5) is 0 Å². The summed E-state index contributed by atoms with van der Waals surface area (Å²) in [6, 6.07) is 17.3. The molecule has 0 bridgehead atoms. The van der Waals surface area contributed by atoms with Crippen LogP contribution in [-0.2, 0) is 9.47 Å². The Hall–Kier alpha value is -3.77. The van der Waals surface area contributed by atoms with Crippen LogP contribution in [-0.4, -0.2) is 39.1 Å². The Bertz CT molecular complexity index is 1030. The van der Waals surface area contributed by atoms with Crippen LogP contribution >= 0.6 is 0 Å². The zero-order valence-electron chi connectivity index (χ0n) is 17.3. The SMILES string of the molecule is CCOC(=O)c1cc(-c2cccc(C=O)c2)c(OCOC)c(-c2cccc(C=O)c2)c1. The number of carbonyl (C=O) groups excluding carboxylic acids is 3. The minimum atomic E-state index is -0.485. The van der Waals surface area contributed by atoms with Gasteiger partial charge in [-0.05, 0) is 42.3 Å². The highest BCUT2D eigenvalue weighted by Gasteiger charge is 2.20. The normalized spacial score (nSPS) is 10.4. The predicted octanol–water partition coefficient (Wildman–Crippen LogP) is 4.81. The lowest BCUT2D eigenvalue weighted by atomic mass is 9.93. The van der Waals surface area contributed by atoms with Crippen molar-refractivity contribution in [3.63, 3.8) is 0 Å². The van der Waals surface area contributed by atoms with Gasteiger partial charge in [0.1, 0.15) is 18.3 Å². The summed E-state index contributed by atoms with van der Waals surface area (Å²) in [6.45, 7) is 1.93. The molecule has 6 nitrogen and oxygen atoms in total. The molecule has 3 rings (SSSR count). The monoisotopic (exact) mass is 418 g/mol. The molecule has 31 heavy (non-hydrogen) atoms. The van der Waals surface area contributed by atoms with Crippen LogP contribution in [0.3, 0.4) is 0 Å². The van der Waals surface area contributed by atoms with Gasteiger partial charge in [0, 0.05) is 29.4 Å². The number of esters is 1. The highest BCUT2D eigenvalue weighted by atomic mass is 16.7. The second-order valence-corrected chi connectivity index (χ2v) is 6.66. The lowest BCUT2D eigenvalue weighted by molar-refractivity contribution is 0.0515. The maximum Gasteiger partial charge on any atom is 0.338 e. The van der Waals surface area contributed by atoms with Gasteiger partial charge in [0.25, 0.3) is 0 Å². The molecule has 158 valence electrons. The van der Waals surface area contributed by atoms with Crippen molar-refractivity contribution in [2.45, 2.75) is 6.92 Å². The van der Waals surface area contributed by atoms with Gasteiger partial charge in [-0.25, -0.2) is 4.79 Å². The number of carbonyl (C=O) groups is 3. The first-order valence-electron chi connectivity index (χ1n) is 9.69. The fourth-order valence-electron chi connectivity index (χ4n) is 3.22. The maximum atomic E-state index is 12.6. The smallest absolute Gasteiger partial charge is 0.338 e. The molecule has 0 aromatic heterocycles. The lowest BCUT2D eigenvalue weighted by Crippen LogP contribution is -2.08. The fourth-order valence-corrected chi connectivity index (χ4v) is 3.22. The Morgan fingerprint density at radius 2 is 1.42 bits per heavy atom. The van der Waals surface area contributed by atoms with Gasteiger partial charge in [0.15, 0.2) is 6.79 Å². The molecule has 0 saturated carbocycles. The van der Waals surface area contributed by atoms with Crippen LogP contribution in [0.2, 0.25) is 0 Å². The van der Waals surface area contributed by atoms with Crippen LogP contribution in [0.25, 0.3) is 22.3 Å². The molecule has 0 radical (unpaired) electrons. The van der Waals surface area contributed by atoms with Crippen molar-refractivity contribution in [2.75, 3.05) is 20.5 Å². The van der Waals surface area contributed by atoms with Crippen molar-refractivity contribution in [1.82, 2.24) is 0 Å². The van der Waals surface area contributed by atoms with E-state index in [2.05, 4.69) is 0 Å². The van der Waals surface area contributed by atoms with Gasteiger partial charge in [-0.2, -0.15) is 0 Å². The number of hydrogen-bond donors (Lipinski definition) is 0. The Morgan fingerprint density at radius 3 is 1.87 bits per heavy atom. The maximum absolute atomic E-state index is 12.6. The van der Waals surface area contributed by atoms with Crippen molar-refractivity contribution < 1.29 is 28.6 Å². The van der Waals surface area contributed by atoms with E-state index in [9.17, 15) is 14.4 Å². The second-order valence-electron chi connectivity index (χ2n) is 6.66. The Labute approximate surface area is 180 Å². The Morgan fingerprint density at radius 1 is 0.871 bits per heavy atom. The third-order valence-corrected chi connectivity index (χ3v) is 4.59. The van der Waals surface area contributed by atoms with Gasteiger partial charge in [-0.1, -0.05) is 36.4 Å². The standard InChI is InChI=1S/C25H22O6/c1-3-30-25(28)21-12-22(19-8-4-6-17(10-19)14-26)24(31-16-29-2)23(13-21)20-9-5-7-18(11-20)15-27/h4-15H,3,16H2,1-2H3. The van der Waals surface area contributed by atoms with E-state index in [-0.39, 0.29) is 13.4 Å². The molecule has 3 aromatic carbocycles. The Kier molecular flexibility index (Phi) is 7.30. The number of benzene rings is 3. The van der Waals surface area contributed by atoms with Gasteiger partial charge in [-0.3, -0.25) is 9.59 Å². The van der Waals surface area contributed by atoms with E-state index >= 15 is 0 Å². The summed E-state index contributed by atoms with van der Waals surface area (Å²) in [7, 11) is 1.51. The van der Waals surface area contributed by atoms with Crippen LogP contribution in [0.5, 0.6) is 5.75 Å². The molecule has 0 atom stereocenters. The van der Waals surface area contributed by atoms with Crippen molar-refractivity contribution in [3.8, 4) is 28.0 Å². The minimum absolute atomic E-state index is 0.0283. The van der Waals surface area contributed by atoms with Gasteiger partial charge >= 0.3 is 5.97 Å². The highest BCUT2D eigenvalue weighted by molar-refractivity contribution is 5.96. The first kappa shape index (κ1) is 21.9.